The standard InChI is InChI=1S/C28H29N3O2/c1-18(32)16-31-14-11-24(17-31)27-19(2)25(21-9-12-29-13-10-21)26(28(33)30-27)23-8-7-20-5-3-4-6-22(20)15-23/h3-10,12-13,15,18,24,32H,11,14,16-17H2,1-2H3,(H,30,33). The average Bonchev–Trinajstić information content (AvgIpc) is 3.27. The lowest BCUT2D eigenvalue weighted by molar-refractivity contribution is 0.140. The van der Waals surface area contributed by atoms with Crippen LogP contribution in [-0.2, 0) is 0 Å². The number of aliphatic hydroxyl groups is 1. The van der Waals surface area contributed by atoms with Crippen molar-refractivity contribution in [3.63, 3.8) is 0 Å². The molecule has 4 aromatic rings. The molecule has 2 atom stereocenters. The lowest BCUT2D eigenvalue weighted by atomic mass is 9.88. The number of benzene rings is 2. The Morgan fingerprint density at radius 3 is 2.58 bits per heavy atom. The largest absolute Gasteiger partial charge is 0.392 e. The van der Waals surface area contributed by atoms with E-state index in [2.05, 4.69) is 46.1 Å². The summed E-state index contributed by atoms with van der Waals surface area (Å²) in [5, 5.41) is 12.1. The molecule has 0 spiro atoms. The molecule has 1 aliphatic rings. The fourth-order valence-corrected chi connectivity index (χ4v) is 5.23. The molecule has 5 nitrogen and oxygen atoms in total. The number of aromatic amines is 1. The average molecular weight is 440 g/mol. The van der Waals surface area contributed by atoms with Crippen LogP contribution >= 0.6 is 0 Å². The first-order valence-corrected chi connectivity index (χ1v) is 11.6. The smallest absolute Gasteiger partial charge is 0.256 e. The normalized spacial score (nSPS) is 17.5. The van der Waals surface area contributed by atoms with Crippen molar-refractivity contribution in [3.8, 4) is 22.3 Å². The molecule has 0 amide bonds. The number of nitrogens with zero attached hydrogens (tertiary/aromatic N) is 2. The molecule has 2 aromatic heterocycles. The van der Waals surface area contributed by atoms with Crippen LogP contribution in [0.1, 0.15) is 30.5 Å². The summed E-state index contributed by atoms with van der Waals surface area (Å²) >= 11 is 0. The van der Waals surface area contributed by atoms with Gasteiger partial charge in [0.05, 0.1) is 11.7 Å². The van der Waals surface area contributed by atoms with Crippen LogP contribution < -0.4 is 5.56 Å². The van der Waals surface area contributed by atoms with Gasteiger partial charge in [-0.15, -0.1) is 0 Å². The van der Waals surface area contributed by atoms with Gasteiger partial charge in [-0.2, -0.15) is 0 Å². The fraction of sp³-hybridized carbons (Fsp3) is 0.286. The molecule has 3 heterocycles. The topological polar surface area (TPSA) is 69.2 Å². The van der Waals surface area contributed by atoms with E-state index in [1.807, 2.05) is 37.3 Å². The molecule has 0 radical (unpaired) electrons. The number of β-amino-alcohol motifs (C(OH)–C–C–N with tert-alkyl or cyclic N) is 1. The molecule has 1 fully saturated rings. The minimum atomic E-state index is -0.355. The Labute approximate surface area is 193 Å². The Balaban J connectivity index is 1.67. The second kappa shape index (κ2) is 8.93. The highest BCUT2D eigenvalue weighted by Crippen LogP contribution is 2.37. The maximum Gasteiger partial charge on any atom is 0.256 e. The van der Waals surface area contributed by atoms with Gasteiger partial charge < -0.3 is 15.0 Å². The maximum atomic E-state index is 13.6. The fourth-order valence-electron chi connectivity index (χ4n) is 5.23. The number of likely N-dealkylation sites (tertiary alicyclic amines) is 1. The third-order valence-corrected chi connectivity index (χ3v) is 6.71. The summed E-state index contributed by atoms with van der Waals surface area (Å²) in [6, 6.07) is 18.4. The number of hydrogen-bond acceptors (Lipinski definition) is 4. The minimum absolute atomic E-state index is 0.0633. The van der Waals surface area contributed by atoms with Crippen LogP contribution in [0.4, 0.5) is 0 Å². The van der Waals surface area contributed by atoms with Crippen molar-refractivity contribution in [2.24, 2.45) is 0 Å². The zero-order chi connectivity index (χ0) is 22.9. The number of aromatic nitrogens is 2. The first-order chi connectivity index (χ1) is 16.0. The van der Waals surface area contributed by atoms with Crippen molar-refractivity contribution in [1.29, 1.82) is 0 Å². The molecule has 1 saturated heterocycles. The molecule has 0 aliphatic carbocycles. The summed E-state index contributed by atoms with van der Waals surface area (Å²) in [4.78, 5) is 23.3. The zero-order valence-corrected chi connectivity index (χ0v) is 19.1. The van der Waals surface area contributed by atoms with Crippen LogP contribution in [0.25, 0.3) is 33.0 Å². The van der Waals surface area contributed by atoms with E-state index in [1.165, 1.54) is 0 Å². The van der Waals surface area contributed by atoms with Gasteiger partial charge in [0.15, 0.2) is 0 Å². The predicted molar refractivity (Wildman–Crippen MR) is 133 cm³/mol. The third kappa shape index (κ3) is 4.22. The van der Waals surface area contributed by atoms with E-state index in [1.54, 1.807) is 12.4 Å². The van der Waals surface area contributed by atoms with Gasteiger partial charge in [-0.05, 0) is 78.0 Å². The quantitative estimate of drug-likeness (QED) is 0.471. The highest BCUT2D eigenvalue weighted by Gasteiger charge is 2.29. The Morgan fingerprint density at radius 1 is 1.06 bits per heavy atom. The molecule has 2 aromatic carbocycles. The number of aliphatic hydroxyl groups excluding tert-OH is 1. The van der Waals surface area contributed by atoms with E-state index >= 15 is 0 Å². The van der Waals surface area contributed by atoms with Crippen molar-refractivity contribution in [3.05, 3.63) is 88.6 Å². The van der Waals surface area contributed by atoms with E-state index in [9.17, 15) is 9.90 Å². The van der Waals surface area contributed by atoms with Gasteiger partial charge in [-0.25, -0.2) is 0 Å². The first kappa shape index (κ1) is 21.6. The molecule has 2 N–H and O–H groups in total. The summed E-state index contributed by atoms with van der Waals surface area (Å²) in [6.07, 6.45) is 4.17. The van der Waals surface area contributed by atoms with Crippen LogP contribution in [0, 0.1) is 6.92 Å². The molecule has 1 aliphatic heterocycles. The van der Waals surface area contributed by atoms with Crippen LogP contribution in [-0.4, -0.2) is 45.7 Å². The van der Waals surface area contributed by atoms with Crippen molar-refractivity contribution >= 4 is 10.8 Å². The van der Waals surface area contributed by atoms with Crippen molar-refractivity contribution < 1.29 is 5.11 Å². The molecular formula is C28H29N3O2. The number of pyridine rings is 2. The van der Waals surface area contributed by atoms with E-state index in [4.69, 9.17) is 0 Å². The summed E-state index contributed by atoms with van der Waals surface area (Å²) in [7, 11) is 0. The Bertz CT molecular complexity index is 1340. The number of H-pyrrole nitrogens is 1. The molecule has 5 rings (SSSR count). The van der Waals surface area contributed by atoms with Gasteiger partial charge in [0, 0.05) is 37.1 Å². The Hall–Kier alpha value is -3.28. The second-order valence-corrected chi connectivity index (χ2v) is 9.13. The summed E-state index contributed by atoms with van der Waals surface area (Å²) in [6.45, 7) is 6.36. The van der Waals surface area contributed by atoms with Crippen LogP contribution in [0.2, 0.25) is 0 Å². The lowest BCUT2D eigenvalue weighted by Crippen LogP contribution is -2.29. The van der Waals surface area contributed by atoms with Crippen LogP contribution in [0.5, 0.6) is 0 Å². The molecule has 33 heavy (non-hydrogen) atoms. The van der Waals surface area contributed by atoms with Crippen molar-refractivity contribution in [1.82, 2.24) is 14.9 Å². The highest BCUT2D eigenvalue weighted by atomic mass is 16.3. The molecule has 0 bridgehead atoms. The van der Waals surface area contributed by atoms with Gasteiger partial charge in [0.2, 0.25) is 0 Å². The van der Waals surface area contributed by atoms with Gasteiger partial charge in [0.1, 0.15) is 0 Å². The SMILES string of the molecule is Cc1c(C2CCN(CC(C)O)C2)[nH]c(=O)c(-c2ccc3ccccc3c2)c1-c1ccncc1. The highest BCUT2D eigenvalue weighted by molar-refractivity contribution is 5.92. The van der Waals surface area contributed by atoms with Gasteiger partial charge in [0.25, 0.3) is 5.56 Å². The summed E-state index contributed by atoms with van der Waals surface area (Å²) in [5.41, 5.74) is 5.63. The molecule has 0 saturated carbocycles. The van der Waals surface area contributed by atoms with Crippen LogP contribution in [0.15, 0.2) is 71.8 Å². The molecular weight excluding hydrogens is 410 g/mol. The van der Waals surface area contributed by atoms with E-state index in [0.29, 0.717) is 12.1 Å². The number of nitrogens with one attached hydrogen (secondary N) is 1. The molecule has 2 unspecified atom stereocenters. The van der Waals surface area contributed by atoms with Gasteiger partial charge in [-0.3, -0.25) is 9.78 Å². The lowest BCUT2D eigenvalue weighted by Gasteiger charge is -2.21. The number of fused-ring (bicyclic) bond motifs is 1. The minimum Gasteiger partial charge on any atom is -0.392 e. The summed E-state index contributed by atoms with van der Waals surface area (Å²) < 4.78 is 0. The monoisotopic (exact) mass is 439 g/mol. The first-order valence-electron chi connectivity index (χ1n) is 11.6. The predicted octanol–water partition coefficient (Wildman–Crippen LogP) is 4.74. The maximum absolute atomic E-state index is 13.6. The second-order valence-electron chi connectivity index (χ2n) is 9.13. The molecule has 168 valence electrons. The number of hydrogen-bond donors (Lipinski definition) is 2. The molecule has 5 heteroatoms. The third-order valence-electron chi connectivity index (χ3n) is 6.71. The Kier molecular flexibility index (Phi) is 5.83. The Morgan fingerprint density at radius 2 is 1.82 bits per heavy atom. The van der Waals surface area contributed by atoms with Gasteiger partial charge in [-0.1, -0.05) is 36.4 Å². The van der Waals surface area contributed by atoms with Crippen molar-refractivity contribution in [2.45, 2.75) is 32.3 Å². The van der Waals surface area contributed by atoms with E-state index < -0.39 is 0 Å². The van der Waals surface area contributed by atoms with E-state index in [0.717, 1.165) is 58.2 Å². The van der Waals surface area contributed by atoms with Crippen molar-refractivity contribution in [2.75, 3.05) is 19.6 Å². The zero-order valence-electron chi connectivity index (χ0n) is 19.1. The number of rotatable bonds is 5. The van der Waals surface area contributed by atoms with Crippen LogP contribution in [0.3, 0.4) is 0 Å². The summed E-state index contributed by atoms with van der Waals surface area (Å²) in [5.74, 6) is 0.239. The van der Waals surface area contributed by atoms with E-state index in [-0.39, 0.29) is 17.6 Å². The van der Waals surface area contributed by atoms with Gasteiger partial charge >= 0.3 is 0 Å².